The normalized spacial score (nSPS) is 10.9. The molecule has 0 rings (SSSR count). The molecule has 0 aliphatic carbocycles. The van der Waals surface area contributed by atoms with Crippen LogP contribution >= 0.6 is 0 Å². The molecule has 0 radical (unpaired) electrons. The van der Waals surface area contributed by atoms with Gasteiger partial charge in [-0.1, -0.05) is 0 Å². The van der Waals surface area contributed by atoms with E-state index in [9.17, 15) is 9.59 Å². The molecule has 0 aliphatic heterocycles. The van der Waals surface area contributed by atoms with Crippen LogP contribution in [0.3, 0.4) is 0 Å². The van der Waals surface area contributed by atoms with Gasteiger partial charge in [0, 0.05) is 0 Å². The highest BCUT2D eigenvalue weighted by molar-refractivity contribution is 5.81. The van der Waals surface area contributed by atoms with E-state index in [0.717, 1.165) is 0 Å². The van der Waals surface area contributed by atoms with Gasteiger partial charge in [-0.3, -0.25) is 9.59 Å². The highest BCUT2D eigenvalue weighted by Crippen LogP contribution is 2.20. The van der Waals surface area contributed by atoms with E-state index >= 15 is 0 Å². The molecule has 70 valence electrons. The number of hydrogen-bond acceptors (Lipinski definition) is 3. The average molecular weight is 174 g/mol. The molecular weight excluding hydrogens is 160 g/mol. The molecule has 12 heavy (non-hydrogen) atoms. The maximum absolute atomic E-state index is 10.9. The van der Waals surface area contributed by atoms with Crippen molar-refractivity contribution in [3.05, 3.63) is 0 Å². The number of aliphatic carboxylic acids is 1. The summed E-state index contributed by atoms with van der Waals surface area (Å²) in [5.74, 6) is -1.46. The predicted molar refractivity (Wildman–Crippen MR) is 42.7 cm³/mol. The van der Waals surface area contributed by atoms with E-state index in [0.29, 0.717) is 0 Å². The molecule has 0 amide bonds. The molecule has 0 saturated heterocycles. The van der Waals surface area contributed by atoms with Crippen molar-refractivity contribution < 1.29 is 19.4 Å². The summed E-state index contributed by atoms with van der Waals surface area (Å²) < 4.78 is 4.63. The summed E-state index contributed by atoms with van der Waals surface area (Å²) in [6, 6.07) is 0. The molecule has 0 fully saturated rings. The van der Waals surface area contributed by atoms with Crippen LogP contribution in [-0.2, 0) is 14.3 Å². The van der Waals surface area contributed by atoms with Crippen molar-refractivity contribution in [3.8, 4) is 0 Å². The molecule has 4 nitrogen and oxygen atoms in total. The zero-order valence-electron chi connectivity index (χ0n) is 7.59. The molecule has 0 atom stereocenters. The standard InChI is InChI=1S/C8H14O4/c1-4-12-6(9)5-8(2,3)7(10)11/h4-5H2,1-3H3,(H,10,11). The minimum absolute atomic E-state index is 0.0871. The van der Waals surface area contributed by atoms with Crippen LogP contribution in [0.25, 0.3) is 0 Å². The van der Waals surface area contributed by atoms with E-state index in [1.165, 1.54) is 13.8 Å². The molecule has 0 aromatic carbocycles. The molecule has 1 N–H and O–H groups in total. The number of carboxylic acid groups (broad SMARTS) is 1. The second-order valence-electron chi connectivity index (χ2n) is 3.17. The van der Waals surface area contributed by atoms with Crippen LogP contribution in [-0.4, -0.2) is 23.7 Å². The fourth-order valence-corrected chi connectivity index (χ4v) is 0.648. The van der Waals surface area contributed by atoms with Gasteiger partial charge in [0.25, 0.3) is 0 Å². The van der Waals surface area contributed by atoms with E-state index in [2.05, 4.69) is 4.74 Å². The van der Waals surface area contributed by atoms with Crippen LogP contribution in [0.4, 0.5) is 0 Å². The summed E-state index contributed by atoms with van der Waals surface area (Å²) in [4.78, 5) is 21.4. The van der Waals surface area contributed by atoms with E-state index in [4.69, 9.17) is 5.11 Å². The van der Waals surface area contributed by atoms with Gasteiger partial charge in [-0.2, -0.15) is 0 Å². The molecule has 0 aromatic rings. The summed E-state index contributed by atoms with van der Waals surface area (Å²) in [5, 5.41) is 8.65. The fraction of sp³-hybridized carbons (Fsp3) is 0.750. The number of carbonyl (C=O) groups excluding carboxylic acids is 1. The Labute approximate surface area is 71.5 Å². The lowest BCUT2D eigenvalue weighted by Gasteiger charge is -2.16. The Balaban J connectivity index is 4.06. The number of ether oxygens (including phenoxy) is 1. The maximum Gasteiger partial charge on any atom is 0.309 e. The van der Waals surface area contributed by atoms with Crippen LogP contribution < -0.4 is 0 Å². The van der Waals surface area contributed by atoms with Crippen molar-refractivity contribution in [3.63, 3.8) is 0 Å². The van der Waals surface area contributed by atoms with Gasteiger partial charge in [-0.05, 0) is 20.8 Å². The molecule has 0 aromatic heterocycles. The van der Waals surface area contributed by atoms with Crippen molar-refractivity contribution >= 4 is 11.9 Å². The quantitative estimate of drug-likeness (QED) is 0.647. The van der Waals surface area contributed by atoms with Crippen LogP contribution in [0.15, 0.2) is 0 Å². The van der Waals surface area contributed by atoms with Gasteiger partial charge in [0.15, 0.2) is 0 Å². The van der Waals surface area contributed by atoms with Gasteiger partial charge < -0.3 is 9.84 Å². The van der Waals surface area contributed by atoms with Crippen molar-refractivity contribution in [2.75, 3.05) is 6.61 Å². The molecule has 0 unspecified atom stereocenters. The molecule has 0 spiro atoms. The molecule has 0 heterocycles. The second kappa shape index (κ2) is 4.09. The zero-order valence-corrected chi connectivity index (χ0v) is 7.59. The minimum atomic E-state index is -1.04. The second-order valence-corrected chi connectivity index (χ2v) is 3.17. The van der Waals surface area contributed by atoms with Gasteiger partial charge >= 0.3 is 11.9 Å². The zero-order chi connectivity index (χ0) is 9.78. The minimum Gasteiger partial charge on any atom is -0.481 e. The largest absolute Gasteiger partial charge is 0.481 e. The Morgan fingerprint density at radius 3 is 2.25 bits per heavy atom. The number of carbonyl (C=O) groups is 2. The van der Waals surface area contributed by atoms with Gasteiger partial charge in [0.1, 0.15) is 0 Å². The maximum atomic E-state index is 10.9. The van der Waals surface area contributed by atoms with Crippen molar-refractivity contribution in [1.29, 1.82) is 0 Å². The van der Waals surface area contributed by atoms with Gasteiger partial charge in [0.05, 0.1) is 18.4 Å². The van der Waals surface area contributed by atoms with E-state index in [-0.39, 0.29) is 13.0 Å². The van der Waals surface area contributed by atoms with Gasteiger partial charge in [-0.15, -0.1) is 0 Å². The summed E-state index contributed by atoms with van der Waals surface area (Å²) in [6.07, 6.45) is -0.0871. The van der Waals surface area contributed by atoms with Gasteiger partial charge in [-0.25, -0.2) is 0 Å². The molecule has 0 bridgehead atoms. The monoisotopic (exact) mass is 174 g/mol. The highest BCUT2D eigenvalue weighted by atomic mass is 16.5. The Hall–Kier alpha value is -1.06. The SMILES string of the molecule is CCOC(=O)CC(C)(C)C(=O)O. The summed E-state index contributed by atoms with van der Waals surface area (Å²) in [6.45, 7) is 4.96. The molecule has 0 aliphatic rings. The summed E-state index contributed by atoms with van der Waals surface area (Å²) >= 11 is 0. The Kier molecular flexibility index (Phi) is 3.73. The van der Waals surface area contributed by atoms with Crippen molar-refractivity contribution in [1.82, 2.24) is 0 Å². The Morgan fingerprint density at radius 2 is 1.92 bits per heavy atom. The third-order valence-corrected chi connectivity index (χ3v) is 1.47. The van der Waals surface area contributed by atoms with Crippen molar-refractivity contribution in [2.24, 2.45) is 5.41 Å². The highest BCUT2D eigenvalue weighted by Gasteiger charge is 2.30. The first-order chi connectivity index (χ1) is 5.40. The first kappa shape index (κ1) is 10.9. The number of rotatable bonds is 4. The fourth-order valence-electron chi connectivity index (χ4n) is 0.648. The van der Waals surface area contributed by atoms with E-state index < -0.39 is 17.4 Å². The third-order valence-electron chi connectivity index (χ3n) is 1.47. The average Bonchev–Trinajstić information content (AvgIpc) is 1.85. The lowest BCUT2D eigenvalue weighted by atomic mass is 9.90. The smallest absolute Gasteiger partial charge is 0.309 e. The van der Waals surface area contributed by atoms with E-state index in [1.807, 2.05) is 0 Å². The Bertz CT molecular complexity index is 183. The Morgan fingerprint density at radius 1 is 1.42 bits per heavy atom. The predicted octanol–water partition coefficient (Wildman–Crippen LogP) is 1.05. The third kappa shape index (κ3) is 3.37. The molecular formula is C8H14O4. The lowest BCUT2D eigenvalue weighted by molar-refractivity contribution is -0.156. The molecule has 0 saturated carbocycles. The number of carboxylic acids is 1. The van der Waals surface area contributed by atoms with Crippen LogP contribution in [0.5, 0.6) is 0 Å². The number of esters is 1. The summed E-state index contributed by atoms with van der Waals surface area (Å²) in [7, 11) is 0. The first-order valence-electron chi connectivity index (χ1n) is 3.79. The van der Waals surface area contributed by atoms with Crippen LogP contribution in [0.2, 0.25) is 0 Å². The van der Waals surface area contributed by atoms with Crippen LogP contribution in [0.1, 0.15) is 27.2 Å². The summed E-state index contributed by atoms with van der Waals surface area (Å²) in [5.41, 5.74) is -1.04. The van der Waals surface area contributed by atoms with Gasteiger partial charge in [0.2, 0.25) is 0 Å². The number of hydrogen-bond donors (Lipinski definition) is 1. The van der Waals surface area contributed by atoms with E-state index in [1.54, 1.807) is 6.92 Å². The topological polar surface area (TPSA) is 63.6 Å². The van der Waals surface area contributed by atoms with Crippen LogP contribution in [0, 0.1) is 5.41 Å². The first-order valence-corrected chi connectivity index (χ1v) is 3.79. The van der Waals surface area contributed by atoms with Crippen molar-refractivity contribution in [2.45, 2.75) is 27.2 Å². The lowest BCUT2D eigenvalue weighted by Crippen LogP contribution is -2.27. The molecule has 4 heteroatoms.